The van der Waals surface area contributed by atoms with Crippen molar-refractivity contribution in [1.82, 2.24) is 5.43 Å². The summed E-state index contributed by atoms with van der Waals surface area (Å²) in [5, 5.41) is 3.81. The van der Waals surface area contributed by atoms with E-state index in [9.17, 15) is 0 Å². The molecule has 0 aromatic carbocycles. The summed E-state index contributed by atoms with van der Waals surface area (Å²) >= 11 is 3.91. The van der Waals surface area contributed by atoms with Gasteiger partial charge in [0.2, 0.25) is 0 Å². The Morgan fingerprint density at radius 2 is 2.56 bits per heavy atom. The quantitative estimate of drug-likeness (QED) is 0.234. The van der Waals surface area contributed by atoms with Gasteiger partial charge in [-0.25, -0.2) is 0 Å². The molecule has 0 aliphatic heterocycles. The van der Waals surface area contributed by atoms with Crippen molar-refractivity contribution in [2.24, 2.45) is 16.7 Å². The van der Waals surface area contributed by atoms with Crippen LogP contribution < -0.4 is 11.2 Å². The molecule has 1 atom stereocenters. The summed E-state index contributed by atoms with van der Waals surface area (Å²) in [6, 6.07) is 0. The van der Waals surface area contributed by atoms with Crippen LogP contribution in [0.15, 0.2) is 5.10 Å². The topological polar surface area (TPSA) is 50.4 Å². The summed E-state index contributed by atoms with van der Waals surface area (Å²) in [6.45, 7) is 4.04. The molecular weight excluding hydrogens is 134 g/mol. The minimum absolute atomic E-state index is 0.394. The third-order valence-electron chi connectivity index (χ3n) is 0.569. The molecule has 0 aliphatic carbocycles. The number of hydrogen-bond donors (Lipinski definition) is 3. The molecule has 0 aromatic heterocycles. The van der Waals surface area contributed by atoms with Crippen LogP contribution >= 0.6 is 12.6 Å². The van der Waals surface area contributed by atoms with Crippen LogP contribution in [-0.4, -0.2) is 11.7 Å². The molecule has 0 aliphatic rings. The largest absolute Gasteiger partial charge is 0.302 e. The SMILES string of the molecule is [2H]NC(S)N/N=C/C(C)C. The van der Waals surface area contributed by atoms with Gasteiger partial charge in [0.25, 0.3) is 0 Å². The van der Waals surface area contributed by atoms with Gasteiger partial charge in [-0.1, -0.05) is 13.8 Å². The van der Waals surface area contributed by atoms with E-state index in [1.54, 1.807) is 6.21 Å². The third kappa shape index (κ3) is 7.78. The molecule has 0 heterocycles. The summed E-state index contributed by atoms with van der Waals surface area (Å²) in [4.78, 5) is 0. The van der Waals surface area contributed by atoms with E-state index in [2.05, 4.69) is 28.9 Å². The summed E-state index contributed by atoms with van der Waals surface area (Å²) < 4.78 is 6.63. The Morgan fingerprint density at radius 1 is 1.89 bits per heavy atom. The standard InChI is InChI=1S/C5H13N3S/c1-4(2)3-7-8-5(6)9/h3-5,8-9H,6H2,1-2H3/b7-3+/i/hD. The van der Waals surface area contributed by atoms with Gasteiger partial charge in [-0.3, -0.25) is 5.43 Å². The van der Waals surface area contributed by atoms with Gasteiger partial charge in [0.05, 0.1) is 0 Å². The van der Waals surface area contributed by atoms with Gasteiger partial charge in [0.1, 0.15) is 6.91 Å². The maximum atomic E-state index is 6.63. The second kappa shape index (κ2) is 4.64. The van der Waals surface area contributed by atoms with Crippen LogP contribution in [0, 0.1) is 5.92 Å². The van der Waals surface area contributed by atoms with E-state index in [0.717, 1.165) is 0 Å². The first-order valence-electron chi connectivity index (χ1n) is 3.31. The van der Waals surface area contributed by atoms with E-state index >= 15 is 0 Å². The minimum Gasteiger partial charge on any atom is -0.302 e. The predicted molar refractivity (Wildman–Crippen MR) is 43.4 cm³/mol. The molecule has 0 rings (SSSR count). The zero-order valence-electron chi connectivity index (χ0n) is 6.63. The molecule has 0 spiro atoms. The van der Waals surface area contributed by atoms with Crippen molar-refractivity contribution < 1.29 is 1.41 Å². The lowest BCUT2D eigenvalue weighted by molar-refractivity contribution is 0.710. The summed E-state index contributed by atoms with van der Waals surface area (Å²) in [5.41, 5.74) is 4.33. The van der Waals surface area contributed by atoms with E-state index in [1.165, 1.54) is 0 Å². The zero-order valence-corrected chi connectivity index (χ0v) is 6.52. The highest BCUT2D eigenvalue weighted by Crippen LogP contribution is 1.83. The Balaban J connectivity index is 3.33. The van der Waals surface area contributed by atoms with Gasteiger partial charge in [-0.15, -0.1) is 12.6 Å². The molecule has 0 fully saturated rings. The Kier molecular flexibility index (Phi) is 3.55. The van der Waals surface area contributed by atoms with Crippen molar-refractivity contribution in [3.63, 3.8) is 0 Å². The number of rotatable bonds is 4. The first-order valence-corrected chi connectivity index (χ1v) is 3.32. The smallest absolute Gasteiger partial charge is 0.136 e. The average molecular weight is 148 g/mol. The number of nitrogens with zero attached hydrogens (tertiary/aromatic N) is 1. The van der Waals surface area contributed by atoms with Crippen LogP contribution in [0.4, 0.5) is 0 Å². The minimum atomic E-state index is -0.394. The fourth-order valence-corrected chi connectivity index (χ4v) is 0.329. The molecule has 0 bridgehead atoms. The first-order chi connectivity index (χ1) is 4.66. The summed E-state index contributed by atoms with van der Waals surface area (Å²) in [7, 11) is 0. The highest BCUT2D eigenvalue weighted by atomic mass is 32.1. The lowest BCUT2D eigenvalue weighted by Crippen LogP contribution is -2.27. The lowest BCUT2D eigenvalue weighted by atomic mass is 10.3. The molecule has 0 saturated carbocycles. The van der Waals surface area contributed by atoms with Crippen LogP contribution in [0.25, 0.3) is 0 Å². The number of nitrogens with two attached hydrogens (primary N) is 1. The molecular formula is C5H13N3S. The van der Waals surface area contributed by atoms with Crippen molar-refractivity contribution in [2.75, 3.05) is 0 Å². The van der Waals surface area contributed by atoms with E-state index in [4.69, 9.17) is 1.41 Å². The van der Waals surface area contributed by atoms with Gasteiger partial charge in [0.15, 0.2) is 0 Å². The Morgan fingerprint density at radius 3 is 3.00 bits per heavy atom. The van der Waals surface area contributed by atoms with Gasteiger partial charge < -0.3 is 5.73 Å². The summed E-state index contributed by atoms with van der Waals surface area (Å²) in [5.74, 6) is 0.416. The molecule has 54 valence electrons. The maximum absolute atomic E-state index is 6.63. The average Bonchev–Trinajstić information content (AvgIpc) is 1.87. The Bertz CT molecular complexity index is 107. The molecule has 0 saturated heterocycles. The molecule has 3 N–H and O–H groups in total. The highest BCUT2D eigenvalue weighted by molar-refractivity contribution is 7.80. The van der Waals surface area contributed by atoms with Crippen molar-refractivity contribution in [1.29, 1.82) is 0 Å². The summed E-state index contributed by atoms with van der Waals surface area (Å²) in [6.07, 6.45) is 1.75. The molecule has 0 radical (unpaired) electrons. The second-order valence-electron chi connectivity index (χ2n) is 2.05. The normalized spacial score (nSPS) is 16.2. The number of thiol groups is 1. The molecule has 0 aromatic rings. The zero-order chi connectivity index (χ0) is 7.98. The van der Waals surface area contributed by atoms with Crippen molar-refractivity contribution in [3.05, 3.63) is 0 Å². The Hall–Kier alpha value is -0.220. The number of hydrazone groups is 1. The third-order valence-corrected chi connectivity index (χ3v) is 0.685. The Labute approximate surface area is 62.6 Å². The molecule has 0 amide bonds. The van der Waals surface area contributed by atoms with Gasteiger partial charge in [-0.2, -0.15) is 5.10 Å². The fourth-order valence-electron chi connectivity index (χ4n) is 0.263. The van der Waals surface area contributed by atoms with Gasteiger partial charge >= 0.3 is 0 Å². The molecule has 4 heteroatoms. The van der Waals surface area contributed by atoms with Crippen LogP contribution in [0.3, 0.4) is 0 Å². The second-order valence-corrected chi connectivity index (χ2v) is 2.57. The van der Waals surface area contributed by atoms with E-state index in [0.29, 0.717) is 5.92 Å². The maximum Gasteiger partial charge on any atom is 0.136 e. The molecule has 3 nitrogen and oxygen atoms in total. The fraction of sp³-hybridized carbons (Fsp3) is 0.800. The van der Waals surface area contributed by atoms with Gasteiger partial charge in [0, 0.05) is 6.21 Å². The van der Waals surface area contributed by atoms with E-state index < -0.39 is 5.50 Å². The number of hydrogen-bond acceptors (Lipinski definition) is 4. The van der Waals surface area contributed by atoms with Gasteiger partial charge in [-0.05, 0) is 5.92 Å². The van der Waals surface area contributed by atoms with Crippen molar-refractivity contribution in [3.8, 4) is 0 Å². The van der Waals surface area contributed by atoms with Crippen LogP contribution in [0.5, 0.6) is 0 Å². The van der Waals surface area contributed by atoms with Crippen LogP contribution in [0.2, 0.25) is 1.41 Å². The highest BCUT2D eigenvalue weighted by Gasteiger charge is 1.86. The van der Waals surface area contributed by atoms with Crippen molar-refractivity contribution >= 4 is 18.8 Å². The molecule has 1 unspecified atom stereocenters. The van der Waals surface area contributed by atoms with Crippen LogP contribution in [0.1, 0.15) is 13.8 Å². The lowest BCUT2D eigenvalue weighted by Gasteiger charge is -2.01. The van der Waals surface area contributed by atoms with Crippen LogP contribution in [-0.2, 0) is 0 Å². The monoisotopic (exact) mass is 148 g/mol. The number of nitrogens with one attached hydrogen (secondary N) is 1. The first kappa shape index (κ1) is 6.89. The van der Waals surface area contributed by atoms with Crippen molar-refractivity contribution in [2.45, 2.75) is 19.3 Å². The molecule has 9 heavy (non-hydrogen) atoms. The van der Waals surface area contributed by atoms with E-state index in [1.807, 2.05) is 13.8 Å². The predicted octanol–water partition coefficient (Wildman–Crippen LogP) is 0.390. The van der Waals surface area contributed by atoms with E-state index in [-0.39, 0.29) is 0 Å².